The maximum absolute atomic E-state index is 13.3. The zero-order valence-corrected chi connectivity index (χ0v) is 18.8. The van der Waals surface area contributed by atoms with E-state index in [1.807, 2.05) is 43.3 Å². The molecule has 180 valence electrons. The molecule has 3 aromatic rings. The van der Waals surface area contributed by atoms with Crippen molar-refractivity contribution in [3.05, 3.63) is 89.5 Å². The van der Waals surface area contributed by atoms with Gasteiger partial charge in [0.1, 0.15) is 18.4 Å². The lowest BCUT2D eigenvalue weighted by atomic mass is 10.00. The summed E-state index contributed by atoms with van der Waals surface area (Å²) in [5.41, 5.74) is 7.46. The third-order valence-electron chi connectivity index (χ3n) is 5.22. The highest BCUT2D eigenvalue weighted by atomic mass is 19.4. The number of halogens is 3. The molecule has 0 saturated carbocycles. The van der Waals surface area contributed by atoms with E-state index < -0.39 is 30.7 Å². The first-order valence-electron chi connectivity index (χ1n) is 10.7. The van der Waals surface area contributed by atoms with Gasteiger partial charge in [0.2, 0.25) is 0 Å². The van der Waals surface area contributed by atoms with Gasteiger partial charge in [-0.05, 0) is 47.4 Å². The smallest absolute Gasteiger partial charge is 0.406 e. The molecule has 0 bridgehead atoms. The predicted octanol–water partition coefficient (Wildman–Crippen LogP) is 5.65. The molecule has 0 spiro atoms. The Kier molecular flexibility index (Phi) is 7.76. The molecule has 0 aromatic heterocycles. The molecular weight excluding hydrogens is 457 g/mol. The number of nitrogens with zero attached hydrogens (tertiary/aromatic N) is 2. The second-order valence-corrected chi connectivity index (χ2v) is 7.72. The highest BCUT2D eigenvalue weighted by Crippen LogP contribution is 2.33. The average molecular weight is 480 g/mol. The molecule has 3 rings (SSSR count). The number of rotatable bonds is 7. The van der Waals surface area contributed by atoms with Crippen LogP contribution in [0.25, 0.3) is 11.1 Å². The van der Waals surface area contributed by atoms with Crippen LogP contribution in [0.2, 0.25) is 0 Å². The second kappa shape index (κ2) is 10.7. The number of alkyl halides is 3. The normalized spacial score (nSPS) is 11.9. The fraction of sp³-hybridized carbons (Fsp3) is 0.192. The maximum Gasteiger partial charge on any atom is 0.406 e. The van der Waals surface area contributed by atoms with Crippen LogP contribution in [0, 0.1) is 16.7 Å². The molecular formula is C26H23F3N4O2. The van der Waals surface area contributed by atoms with Gasteiger partial charge in [-0.15, -0.1) is 0 Å². The Morgan fingerprint density at radius 1 is 1.09 bits per heavy atom. The number of nitrogens with one attached hydrogen (secondary N) is 1. The van der Waals surface area contributed by atoms with Gasteiger partial charge in [0.15, 0.2) is 5.96 Å². The molecule has 3 aromatic carbocycles. The summed E-state index contributed by atoms with van der Waals surface area (Å²) in [5, 5.41) is 16.8. The van der Waals surface area contributed by atoms with Crippen LogP contribution in [-0.2, 0) is 0 Å². The summed E-state index contributed by atoms with van der Waals surface area (Å²) in [4.78, 5) is 13.4. The summed E-state index contributed by atoms with van der Waals surface area (Å²) in [6, 6.07) is 22.4. The van der Waals surface area contributed by atoms with Crippen molar-refractivity contribution in [1.29, 1.82) is 10.7 Å². The minimum atomic E-state index is -4.77. The van der Waals surface area contributed by atoms with Gasteiger partial charge < -0.3 is 10.5 Å². The number of nitriles is 1. The van der Waals surface area contributed by atoms with E-state index in [-0.39, 0.29) is 16.2 Å². The summed E-state index contributed by atoms with van der Waals surface area (Å²) < 4.78 is 45.6. The third-order valence-corrected chi connectivity index (χ3v) is 5.22. The minimum Gasteiger partial charge on any atom is -0.485 e. The molecule has 1 amide bonds. The van der Waals surface area contributed by atoms with Gasteiger partial charge in [-0.25, -0.2) is 0 Å². The lowest BCUT2D eigenvalue weighted by molar-refractivity contribution is -0.134. The molecule has 6 nitrogen and oxygen atoms in total. The molecule has 0 aliphatic heterocycles. The molecule has 0 saturated heterocycles. The largest absolute Gasteiger partial charge is 0.485 e. The van der Waals surface area contributed by atoms with Crippen molar-refractivity contribution in [3.8, 4) is 22.9 Å². The molecule has 1 unspecified atom stereocenters. The molecule has 1 atom stereocenters. The number of carbonyl (C=O) groups is 1. The van der Waals surface area contributed by atoms with Gasteiger partial charge in [-0.2, -0.15) is 18.4 Å². The van der Waals surface area contributed by atoms with E-state index in [1.54, 1.807) is 30.3 Å². The van der Waals surface area contributed by atoms with E-state index in [0.29, 0.717) is 23.1 Å². The molecule has 0 fully saturated rings. The van der Waals surface area contributed by atoms with E-state index in [4.69, 9.17) is 15.9 Å². The quantitative estimate of drug-likeness (QED) is 0.337. The van der Waals surface area contributed by atoms with Gasteiger partial charge >= 0.3 is 6.18 Å². The standard InChI is InChI=1S/C26H23F3N4O2/c1-2-22(18-8-4-3-5-9-18)35-23-12-11-20(19-10-6-7-17(13-19)15-30)14-21(23)24(34)33(25(31)32)16-26(27,28)29/h3-14,22H,2,16H2,1H3,(H3,31,32). The average Bonchev–Trinajstić information content (AvgIpc) is 2.85. The van der Waals surface area contributed by atoms with Gasteiger partial charge in [-0.1, -0.05) is 55.5 Å². The zero-order chi connectivity index (χ0) is 25.6. The lowest BCUT2D eigenvalue weighted by Gasteiger charge is -2.25. The highest BCUT2D eigenvalue weighted by molar-refractivity contribution is 6.06. The van der Waals surface area contributed by atoms with Gasteiger partial charge in [0.25, 0.3) is 5.91 Å². The number of amides is 1. The Hall–Kier alpha value is -4.32. The van der Waals surface area contributed by atoms with E-state index in [0.717, 1.165) is 5.56 Å². The maximum atomic E-state index is 13.3. The molecule has 35 heavy (non-hydrogen) atoms. The number of nitrogens with two attached hydrogens (primary N) is 1. The summed E-state index contributed by atoms with van der Waals surface area (Å²) in [7, 11) is 0. The summed E-state index contributed by atoms with van der Waals surface area (Å²) in [6.45, 7) is 0.164. The van der Waals surface area contributed by atoms with Crippen molar-refractivity contribution >= 4 is 11.9 Å². The van der Waals surface area contributed by atoms with Crippen LogP contribution in [0.5, 0.6) is 5.75 Å². The lowest BCUT2D eigenvalue weighted by Crippen LogP contribution is -2.46. The van der Waals surface area contributed by atoms with Crippen LogP contribution in [0.3, 0.4) is 0 Å². The topological polar surface area (TPSA) is 103 Å². The first-order valence-corrected chi connectivity index (χ1v) is 10.7. The Bertz CT molecular complexity index is 1250. The number of carbonyl (C=O) groups excluding carboxylic acids is 1. The van der Waals surface area contributed by atoms with Crippen molar-refractivity contribution in [2.24, 2.45) is 5.73 Å². The second-order valence-electron chi connectivity index (χ2n) is 7.72. The van der Waals surface area contributed by atoms with Crippen LogP contribution in [0.1, 0.15) is 40.9 Å². The fourth-order valence-electron chi connectivity index (χ4n) is 3.55. The summed E-state index contributed by atoms with van der Waals surface area (Å²) in [5.74, 6) is -2.10. The Morgan fingerprint density at radius 3 is 2.37 bits per heavy atom. The van der Waals surface area contributed by atoms with E-state index in [2.05, 4.69) is 0 Å². The van der Waals surface area contributed by atoms with E-state index >= 15 is 0 Å². The van der Waals surface area contributed by atoms with Crippen LogP contribution < -0.4 is 10.5 Å². The number of hydrogen-bond donors (Lipinski definition) is 2. The van der Waals surface area contributed by atoms with Crippen molar-refractivity contribution in [2.45, 2.75) is 25.6 Å². The van der Waals surface area contributed by atoms with Crippen LogP contribution in [-0.4, -0.2) is 29.5 Å². The van der Waals surface area contributed by atoms with E-state index in [9.17, 15) is 23.2 Å². The first-order chi connectivity index (χ1) is 16.6. The SMILES string of the molecule is CCC(Oc1ccc(-c2cccc(C#N)c2)cc1C(=O)N(CC(F)(F)F)C(=N)N)c1ccccc1. The molecule has 0 radical (unpaired) electrons. The minimum absolute atomic E-state index is 0.0549. The Balaban J connectivity index is 2.11. The van der Waals surface area contributed by atoms with E-state index in [1.165, 1.54) is 12.1 Å². The molecule has 0 aliphatic rings. The zero-order valence-electron chi connectivity index (χ0n) is 18.8. The van der Waals surface area contributed by atoms with Crippen molar-refractivity contribution in [3.63, 3.8) is 0 Å². The van der Waals surface area contributed by atoms with Crippen LogP contribution >= 0.6 is 0 Å². The number of guanidine groups is 1. The Labute approximate surface area is 200 Å². The van der Waals surface area contributed by atoms with Crippen molar-refractivity contribution in [2.75, 3.05) is 6.54 Å². The van der Waals surface area contributed by atoms with Gasteiger partial charge in [-0.3, -0.25) is 15.1 Å². The van der Waals surface area contributed by atoms with Gasteiger partial charge in [0.05, 0.1) is 17.2 Å². The monoisotopic (exact) mass is 480 g/mol. The van der Waals surface area contributed by atoms with Crippen LogP contribution in [0.15, 0.2) is 72.8 Å². The summed E-state index contributed by atoms with van der Waals surface area (Å²) in [6.07, 6.45) is -4.71. The Morgan fingerprint density at radius 2 is 1.77 bits per heavy atom. The molecule has 0 aliphatic carbocycles. The molecule has 0 heterocycles. The molecule has 3 N–H and O–H groups in total. The van der Waals surface area contributed by atoms with Crippen LogP contribution in [0.4, 0.5) is 13.2 Å². The summed E-state index contributed by atoms with van der Waals surface area (Å²) >= 11 is 0. The van der Waals surface area contributed by atoms with Crippen molar-refractivity contribution < 1.29 is 22.7 Å². The van der Waals surface area contributed by atoms with Crippen molar-refractivity contribution in [1.82, 2.24) is 4.90 Å². The molecule has 9 heteroatoms. The highest BCUT2D eigenvalue weighted by Gasteiger charge is 2.36. The van der Waals surface area contributed by atoms with Gasteiger partial charge in [0, 0.05) is 0 Å². The predicted molar refractivity (Wildman–Crippen MR) is 126 cm³/mol. The first kappa shape index (κ1) is 25.3. The number of ether oxygens (including phenoxy) is 1. The number of benzene rings is 3. The fourth-order valence-corrected chi connectivity index (χ4v) is 3.55. The number of hydrogen-bond acceptors (Lipinski definition) is 4. The third kappa shape index (κ3) is 6.38.